The number of carbonyl (C=O) groups excluding carboxylic acids is 2. The molecule has 0 spiro atoms. The molecule has 3 amide bonds. The third-order valence-electron chi connectivity index (χ3n) is 5.34. The number of anilines is 2. The molecule has 0 radical (unpaired) electrons. The molecule has 34 heavy (non-hydrogen) atoms. The molecule has 0 aliphatic carbocycles. The predicted molar refractivity (Wildman–Crippen MR) is 133 cm³/mol. The Balaban J connectivity index is 1.79. The van der Waals surface area contributed by atoms with Crippen molar-refractivity contribution in [2.75, 3.05) is 23.7 Å². The third kappa shape index (κ3) is 5.81. The molecule has 176 valence electrons. The van der Waals surface area contributed by atoms with Crippen molar-refractivity contribution in [2.45, 2.75) is 40.0 Å². The molecule has 2 N–H and O–H groups in total. The van der Waals surface area contributed by atoms with E-state index in [0.29, 0.717) is 23.6 Å². The third-order valence-corrected chi connectivity index (χ3v) is 5.34. The fourth-order valence-electron chi connectivity index (χ4n) is 3.37. The van der Waals surface area contributed by atoms with Gasteiger partial charge in [0, 0.05) is 23.7 Å². The van der Waals surface area contributed by atoms with Crippen LogP contribution in [0.1, 0.15) is 44.5 Å². The van der Waals surface area contributed by atoms with Crippen molar-refractivity contribution in [3.05, 3.63) is 71.4 Å². The molecular formula is C26H30N6O2. The highest BCUT2D eigenvalue weighted by atomic mass is 16.2. The second-order valence-corrected chi connectivity index (χ2v) is 9.05. The number of para-hydroxylation sites is 1. The minimum atomic E-state index is -0.421. The SMILES string of the molecule is CCN(CC(=O)Nc1cc(C(C)(C)C)nn1-c1ccccc1C)C(=O)Nc1cccc(C#N)c1. The molecule has 8 nitrogen and oxygen atoms in total. The Morgan fingerprint density at radius 1 is 1.09 bits per heavy atom. The number of carbonyl (C=O) groups is 2. The van der Waals surface area contributed by atoms with Crippen LogP contribution in [0.4, 0.5) is 16.3 Å². The van der Waals surface area contributed by atoms with E-state index in [4.69, 9.17) is 10.4 Å². The molecule has 0 aliphatic rings. The summed E-state index contributed by atoms with van der Waals surface area (Å²) >= 11 is 0. The van der Waals surface area contributed by atoms with E-state index in [1.165, 1.54) is 4.90 Å². The smallest absolute Gasteiger partial charge is 0.315 e. The highest BCUT2D eigenvalue weighted by Crippen LogP contribution is 2.27. The number of hydrogen-bond donors (Lipinski definition) is 2. The Kier molecular flexibility index (Phi) is 7.37. The second-order valence-electron chi connectivity index (χ2n) is 9.05. The number of nitrogens with one attached hydrogen (secondary N) is 2. The van der Waals surface area contributed by atoms with Crippen LogP contribution in [-0.2, 0) is 10.2 Å². The summed E-state index contributed by atoms with van der Waals surface area (Å²) in [5, 5.41) is 19.5. The number of hydrogen-bond acceptors (Lipinski definition) is 4. The number of nitrogens with zero attached hydrogens (tertiary/aromatic N) is 4. The molecule has 0 aliphatic heterocycles. The van der Waals surface area contributed by atoms with Gasteiger partial charge < -0.3 is 15.5 Å². The summed E-state index contributed by atoms with van der Waals surface area (Å²) in [6, 6.07) is 17.9. The zero-order valence-corrected chi connectivity index (χ0v) is 20.2. The first kappa shape index (κ1) is 24.5. The summed E-state index contributed by atoms with van der Waals surface area (Å²) < 4.78 is 1.73. The highest BCUT2D eigenvalue weighted by Gasteiger charge is 2.23. The molecule has 0 saturated heterocycles. The number of urea groups is 1. The molecule has 0 bridgehead atoms. The molecule has 1 aromatic heterocycles. The average molecular weight is 459 g/mol. The van der Waals surface area contributed by atoms with Crippen LogP contribution in [0.15, 0.2) is 54.6 Å². The van der Waals surface area contributed by atoms with Crippen molar-refractivity contribution in [2.24, 2.45) is 0 Å². The molecular weight excluding hydrogens is 428 g/mol. The summed E-state index contributed by atoms with van der Waals surface area (Å²) in [5.74, 6) is 0.209. The lowest BCUT2D eigenvalue weighted by Gasteiger charge is -2.21. The van der Waals surface area contributed by atoms with Crippen LogP contribution in [0, 0.1) is 18.3 Å². The van der Waals surface area contributed by atoms with Gasteiger partial charge in [-0.25, -0.2) is 9.48 Å². The van der Waals surface area contributed by atoms with Crippen molar-refractivity contribution >= 4 is 23.4 Å². The van der Waals surface area contributed by atoms with Gasteiger partial charge in [0.1, 0.15) is 12.4 Å². The molecule has 3 aromatic rings. The van der Waals surface area contributed by atoms with Crippen LogP contribution in [0.2, 0.25) is 0 Å². The van der Waals surface area contributed by atoms with Crippen LogP contribution in [0.3, 0.4) is 0 Å². The molecule has 0 atom stereocenters. The molecule has 0 unspecified atom stereocenters. The Bertz CT molecular complexity index is 1230. The Morgan fingerprint density at radius 3 is 2.47 bits per heavy atom. The van der Waals surface area contributed by atoms with Crippen molar-refractivity contribution < 1.29 is 9.59 Å². The first-order chi connectivity index (χ1) is 16.1. The molecule has 8 heteroatoms. The number of nitriles is 1. The van der Waals surface area contributed by atoms with Gasteiger partial charge in [-0.05, 0) is 43.7 Å². The summed E-state index contributed by atoms with van der Waals surface area (Å²) in [6.07, 6.45) is 0. The molecule has 3 rings (SSSR count). The highest BCUT2D eigenvalue weighted by molar-refractivity contribution is 5.96. The van der Waals surface area contributed by atoms with Crippen molar-refractivity contribution in [3.8, 4) is 11.8 Å². The van der Waals surface area contributed by atoms with Gasteiger partial charge in [-0.15, -0.1) is 0 Å². The van der Waals surface area contributed by atoms with Gasteiger partial charge in [0.2, 0.25) is 5.91 Å². The van der Waals surface area contributed by atoms with E-state index in [-0.39, 0.29) is 17.9 Å². The number of aromatic nitrogens is 2. The second kappa shape index (κ2) is 10.2. The minimum absolute atomic E-state index is 0.135. The monoisotopic (exact) mass is 458 g/mol. The summed E-state index contributed by atoms with van der Waals surface area (Å²) in [6.45, 7) is 10.2. The van der Waals surface area contributed by atoms with E-state index in [1.54, 1.807) is 35.9 Å². The molecule has 0 saturated carbocycles. The standard InChI is InChI=1S/C26H30N6O2/c1-6-31(25(34)28-20-12-9-11-19(14-20)16-27)17-24(33)29-23-15-22(26(3,4)5)30-32(23)21-13-8-7-10-18(21)2/h7-15H,6,17H2,1-5H3,(H,28,34)(H,29,33). The van der Waals surface area contributed by atoms with E-state index in [0.717, 1.165) is 16.9 Å². The lowest BCUT2D eigenvalue weighted by molar-refractivity contribution is -0.116. The molecule has 1 heterocycles. The Hall–Kier alpha value is -4.12. The zero-order chi connectivity index (χ0) is 24.9. The van der Waals surface area contributed by atoms with Crippen LogP contribution >= 0.6 is 0 Å². The van der Waals surface area contributed by atoms with E-state index < -0.39 is 6.03 Å². The summed E-state index contributed by atoms with van der Waals surface area (Å²) in [7, 11) is 0. The summed E-state index contributed by atoms with van der Waals surface area (Å²) in [4.78, 5) is 27.1. The number of rotatable bonds is 6. The van der Waals surface area contributed by atoms with E-state index in [1.807, 2.05) is 43.3 Å². The van der Waals surface area contributed by atoms with Crippen molar-refractivity contribution in [3.63, 3.8) is 0 Å². The predicted octanol–water partition coefficient (Wildman–Crippen LogP) is 4.84. The number of benzene rings is 2. The first-order valence-corrected chi connectivity index (χ1v) is 11.1. The molecule has 2 aromatic carbocycles. The zero-order valence-electron chi connectivity index (χ0n) is 20.2. The largest absolute Gasteiger partial charge is 0.322 e. The van der Waals surface area contributed by atoms with E-state index >= 15 is 0 Å². The van der Waals surface area contributed by atoms with Gasteiger partial charge in [0.25, 0.3) is 0 Å². The number of amides is 3. The lowest BCUT2D eigenvalue weighted by Crippen LogP contribution is -2.40. The van der Waals surface area contributed by atoms with E-state index in [9.17, 15) is 9.59 Å². The lowest BCUT2D eigenvalue weighted by atomic mass is 9.92. The van der Waals surface area contributed by atoms with Gasteiger partial charge in [-0.2, -0.15) is 10.4 Å². The quantitative estimate of drug-likeness (QED) is 0.551. The van der Waals surface area contributed by atoms with Crippen LogP contribution in [0.25, 0.3) is 5.69 Å². The number of likely N-dealkylation sites (N-methyl/N-ethyl adjacent to an activating group) is 1. The maximum absolute atomic E-state index is 12.9. The maximum atomic E-state index is 12.9. The van der Waals surface area contributed by atoms with Crippen LogP contribution < -0.4 is 10.6 Å². The normalized spacial score (nSPS) is 10.9. The topological polar surface area (TPSA) is 103 Å². The average Bonchev–Trinajstić information content (AvgIpc) is 3.21. The van der Waals surface area contributed by atoms with Gasteiger partial charge in [-0.1, -0.05) is 45.0 Å². The fraction of sp³-hybridized carbons (Fsp3) is 0.308. The van der Waals surface area contributed by atoms with Gasteiger partial charge in [0.05, 0.1) is 23.0 Å². The van der Waals surface area contributed by atoms with Crippen LogP contribution in [-0.4, -0.2) is 39.7 Å². The fourth-order valence-corrected chi connectivity index (χ4v) is 3.37. The number of aryl methyl sites for hydroxylation is 1. The van der Waals surface area contributed by atoms with Gasteiger partial charge in [0.15, 0.2) is 0 Å². The van der Waals surface area contributed by atoms with Crippen molar-refractivity contribution in [1.82, 2.24) is 14.7 Å². The molecule has 0 fully saturated rings. The van der Waals surface area contributed by atoms with Gasteiger partial charge in [-0.3, -0.25) is 4.79 Å². The minimum Gasteiger partial charge on any atom is -0.315 e. The Labute approximate surface area is 200 Å². The van der Waals surface area contributed by atoms with Gasteiger partial charge >= 0.3 is 6.03 Å². The van der Waals surface area contributed by atoms with E-state index in [2.05, 4.69) is 31.4 Å². The maximum Gasteiger partial charge on any atom is 0.322 e. The Morgan fingerprint density at radius 2 is 1.82 bits per heavy atom. The van der Waals surface area contributed by atoms with Crippen LogP contribution in [0.5, 0.6) is 0 Å². The van der Waals surface area contributed by atoms with Crippen molar-refractivity contribution in [1.29, 1.82) is 5.26 Å². The first-order valence-electron chi connectivity index (χ1n) is 11.1. The summed E-state index contributed by atoms with van der Waals surface area (Å²) in [5.41, 5.74) is 3.47.